The molecule has 0 amide bonds. The number of rotatable bonds is 4. The van der Waals surface area contributed by atoms with Crippen molar-refractivity contribution in [2.45, 2.75) is 23.8 Å². The first-order chi connectivity index (χ1) is 12.9. The van der Waals surface area contributed by atoms with Crippen molar-refractivity contribution < 1.29 is 12.8 Å². The van der Waals surface area contributed by atoms with Crippen LogP contribution in [0.1, 0.15) is 12.8 Å². The van der Waals surface area contributed by atoms with E-state index < -0.39 is 15.8 Å². The molecule has 0 unspecified atom stereocenters. The number of hydrogen-bond acceptors (Lipinski definition) is 7. The molecule has 1 N–H and O–H groups in total. The quantitative estimate of drug-likeness (QED) is 0.713. The normalized spacial score (nSPS) is 16.6. The summed E-state index contributed by atoms with van der Waals surface area (Å²) in [5.41, 5.74) is 0.712. The second kappa shape index (κ2) is 6.78. The number of benzene rings is 1. The van der Waals surface area contributed by atoms with E-state index in [1.165, 1.54) is 22.8 Å². The predicted octanol–water partition coefficient (Wildman–Crippen LogP) is 1.20. The number of sulfonamides is 1. The molecule has 0 radical (unpaired) electrons. The maximum absolute atomic E-state index is 12.9. The zero-order valence-corrected chi connectivity index (χ0v) is 15.5. The Labute approximate surface area is 155 Å². The van der Waals surface area contributed by atoms with Gasteiger partial charge in [0.2, 0.25) is 10.0 Å². The van der Waals surface area contributed by atoms with Crippen LogP contribution in [-0.4, -0.2) is 53.9 Å². The van der Waals surface area contributed by atoms with Gasteiger partial charge in [0, 0.05) is 38.4 Å². The lowest BCUT2D eigenvalue weighted by molar-refractivity contribution is 0.314. The molecule has 142 valence electrons. The molecular formula is C17H19N5O4S. The Morgan fingerprint density at radius 3 is 2.74 bits per heavy atom. The van der Waals surface area contributed by atoms with Gasteiger partial charge in [-0.2, -0.15) is 4.31 Å². The van der Waals surface area contributed by atoms with Crippen LogP contribution in [0.2, 0.25) is 0 Å². The Morgan fingerprint density at radius 1 is 1.26 bits per heavy atom. The van der Waals surface area contributed by atoms with E-state index in [-0.39, 0.29) is 16.5 Å². The second-order valence-electron chi connectivity index (χ2n) is 6.49. The molecular weight excluding hydrogens is 370 g/mol. The molecule has 4 rings (SSSR count). The Balaban J connectivity index is 1.50. The molecule has 0 atom stereocenters. The number of hydrogen-bond donors (Lipinski definition) is 1. The van der Waals surface area contributed by atoms with E-state index in [0.717, 1.165) is 5.82 Å². The van der Waals surface area contributed by atoms with Crippen molar-refractivity contribution in [1.82, 2.24) is 19.3 Å². The first-order valence-electron chi connectivity index (χ1n) is 8.57. The van der Waals surface area contributed by atoms with Gasteiger partial charge in [0.05, 0.1) is 10.4 Å². The second-order valence-corrected chi connectivity index (χ2v) is 8.42. The molecule has 0 aliphatic carbocycles. The van der Waals surface area contributed by atoms with Gasteiger partial charge in [-0.05, 0) is 31.0 Å². The third kappa shape index (κ3) is 3.33. The number of fused-ring (bicyclic) bond motifs is 1. The van der Waals surface area contributed by atoms with Crippen LogP contribution in [0.3, 0.4) is 0 Å². The highest BCUT2D eigenvalue weighted by Crippen LogP contribution is 2.26. The summed E-state index contributed by atoms with van der Waals surface area (Å²) in [6.45, 7) is 0.828. The van der Waals surface area contributed by atoms with Crippen LogP contribution in [0, 0.1) is 0 Å². The third-order valence-corrected chi connectivity index (χ3v) is 6.82. The molecule has 1 aliphatic heterocycles. The standard InChI is InChI=1S/C17H19N5O4S/c1-21(16-4-7-18-11-19-16)12-5-8-22(9-6-12)27(24,25)13-2-3-14-15(10-13)26-17(23)20-14/h2-4,7,10-12H,5-6,8-9H2,1H3,(H,20,23). The smallest absolute Gasteiger partial charge is 0.408 e. The summed E-state index contributed by atoms with van der Waals surface area (Å²) < 4.78 is 32.3. The summed E-state index contributed by atoms with van der Waals surface area (Å²) in [6, 6.07) is 6.46. The monoisotopic (exact) mass is 389 g/mol. The van der Waals surface area contributed by atoms with E-state index >= 15 is 0 Å². The van der Waals surface area contributed by atoms with Crippen LogP contribution in [-0.2, 0) is 10.0 Å². The maximum atomic E-state index is 12.9. The van der Waals surface area contributed by atoms with Gasteiger partial charge in [0.15, 0.2) is 5.58 Å². The number of nitrogens with zero attached hydrogens (tertiary/aromatic N) is 4. The van der Waals surface area contributed by atoms with E-state index in [2.05, 4.69) is 19.9 Å². The predicted molar refractivity (Wildman–Crippen MR) is 99.1 cm³/mol. The zero-order valence-electron chi connectivity index (χ0n) is 14.7. The minimum atomic E-state index is -3.64. The van der Waals surface area contributed by atoms with E-state index in [0.29, 0.717) is 31.4 Å². The van der Waals surface area contributed by atoms with Crippen molar-refractivity contribution in [3.8, 4) is 0 Å². The van der Waals surface area contributed by atoms with Crippen molar-refractivity contribution in [3.05, 3.63) is 47.3 Å². The highest BCUT2D eigenvalue weighted by Gasteiger charge is 2.31. The van der Waals surface area contributed by atoms with Crippen LogP contribution >= 0.6 is 0 Å². The molecule has 1 fully saturated rings. The third-order valence-electron chi connectivity index (χ3n) is 4.93. The van der Waals surface area contributed by atoms with Crippen molar-refractivity contribution in [3.63, 3.8) is 0 Å². The van der Waals surface area contributed by atoms with Crippen molar-refractivity contribution >= 4 is 26.9 Å². The van der Waals surface area contributed by atoms with Gasteiger partial charge >= 0.3 is 5.76 Å². The average Bonchev–Trinajstić information content (AvgIpc) is 3.07. The molecule has 1 saturated heterocycles. The molecule has 0 bridgehead atoms. The highest BCUT2D eigenvalue weighted by molar-refractivity contribution is 7.89. The lowest BCUT2D eigenvalue weighted by atomic mass is 10.1. The first-order valence-corrected chi connectivity index (χ1v) is 10.0. The van der Waals surface area contributed by atoms with E-state index in [1.807, 2.05) is 13.1 Å². The summed E-state index contributed by atoms with van der Waals surface area (Å²) >= 11 is 0. The van der Waals surface area contributed by atoms with Gasteiger partial charge < -0.3 is 9.32 Å². The average molecular weight is 389 g/mol. The van der Waals surface area contributed by atoms with Gasteiger partial charge in [0.25, 0.3) is 0 Å². The first kappa shape index (κ1) is 17.7. The van der Waals surface area contributed by atoms with E-state index in [1.54, 1.807) is 12.3 Å². The number of piperidine rings is 1. The minimum absolute atomic E-state index is 0.125. The molecule has 10 heteroatoms. The zero-order chi connectivity index (χ0) is 19.0. The van der Waals surface area contributed by atoms with Gasteiger partial charge in [-0.15, -0.1) is 0 Å². The number of aromatic nitrogens is 3. The summed E-state index contributed by atoms with van der Waals surface area (Å²) in [4.78, 5) is 24.1. The van der Waals surface area contributed by atoms with Crippen LogP contribution in [0.4, 0.5) is 5.82 Å². The Morgan fingerprint density at radius 2 is 2.04 bits per heavy atom. The number of aromatic amines is 1. The Hall–Kier alpha value is -2.72. The molecule has 1 aliphatic rings. The fourth-order valence-electron chi connectivity index (χ4n) is 3.38. The van der Waals surface area contributed by atoms with E-state index in [4.69, 9.17) is 4.42 Å². The van der Waals surface area contributed by atoms with Gasteiger partial charge in [0.1, 0.15) is 12.1 Å². The SMILES string of the molecule is CN(c1ccncn1)C1CCN(S(=O)(=O)c2ccc3[nH]c(=O)oc3c2)CC1. The number of anilines is 1. The summed E-state index contributed by atoms with van der Waals surface area (Å²) in [7, 11) is -1.69. The Kier molecular flexibility index (Phi) is 4.44. The fourth-order valence-corrected chi connectivity index (χ4v) is 4.87. The van der Waals surface area contributed by atoms with Gasteiger partial charge in [-0.1, -0.05) is 0 Å². The molecule has 0 saturated carbocycles. The van der Waals surface area contributed by atoms with Crippen LogP contribution in [0.15, 0.2) is 50.9 Å². The lowest BCUT2D eigenvalue weighted by Gasteiger charge is -2.36. The molecule has 3 heterocycles. The fraction of sp³-hybridized carbons (Fsp3) is 0.353. The molecule has 27 heavy (non-hydrogen) atoms. The number of nitrogens with one attached hydrogen (secondary N) is 1. The molecule has 2 aromatic heterocycles. The minimum Gasteiger partial charge on any atom is -0.408 e. The van der Waals surface area contributed by atoms with Crippen LogP contribution in [0.5, 0.6) is 0 Å². The van der Waals surface area contributed by atoms with Crippen molar-refractivity contribution in [1.29, 1.82) is 0 Å². The summed E-state index contributed by atoms with van der Waals surface area (Å²) in [5, 5.41) is 0. The molecule has 3 aromatic rings. The largest absolute Gasteiger partial charge is 0.417 e. The molecule has 9 nitrogen and oxygen atoms in total. The maximum Gasteiger partial charge on any atom is 0.417 e. The van der Waals surface area contributed by atoms with Crippen LogP contribution in [0.25, 0.3) is 11.1 Å². The summed E-state index contributed by atoms with van der Waals surface area (Å²) in [5.74, 6) is 0.215. The van der Waals surface area contributed by atoms with Gasteiger partial charge in [-0.3, -0.25) is 4.98 Å². The Bertz CT molecular complexity index is 1100. The molecule has 1 aromatic carbocycles. The van der Waals surface area contributed by atoms with Crippen molar-refractivity contribution in [2.24, 2.45) is 0 Å². The molecule has 0 spiro atoms. The number of H-pyrrole nitrogens is 1. The topological polar surface area (TPSA) is 112 Å². The van der Waals surface area contributed by atoms with Gasteiger partial charge in [-0.25, -0.2) is 23.2 Å². The van der Waals surface area contributed by atoms with E-state index in [9.17, 15) is 13.2 Å². The lowest BCUT2D eigenvalue weighted by Crippen LogP contribution is -2.45. The highest BCUT2D eigenvalue weighted by atomic mass is 32.2. The van der Waals surface area contributed by atoms with Crippen molar-refractivity contribution in [2.75, 3.05) is 25.0 Å². The van der Waals surface area contributed by atoms with Crippen LogP contribution < -0.4 is 10.7 Å². The number of oxazole rings is 1. The summed E-state index contributed by atoms with van der Waals surface area (Å²) in [6.07, 6.45) is 4.58.